The Morgan fingerprint density at radius 3 is 2.41 bits per heavy atom. The third-order valence-corrected chi connectivity index (χ3v) is 6.03. The van der Waals surface area contributed by atoms with E-state index in [1.165, 1.54) is 4.90 Å². The highest BCUT2D eigenvalue weighted by Gasteiger charge is 2.32. The van der Waals surface area contributed by atoms with Crippen molar-refractivity contribution in [1.82, 2.24) is 4.90 Å². The van der Waals surface area contributed by atoms with Gasteiger partial charge in [0.25, 0.3) is 11.8 Å². The quantitative estimate of drug-likeness (QED) is 0.188. The number of nitrogens with zero attached hydrogens (tertiary/aromatic N) is 2. The summed E-state index contributed by atoms with van der Waals surface area (Å²) in [5.74, 6) is 0.797. The van der Waals surface area contributed by atoms with Crippen molar-refractivity contribution >= 4 is 34.5 Å². The van der Waals surface area contributed by atoms with Gasteiger partial charge in [-0.2, -0.15) is 5.10 Å². The van der Waals surface area contributed by atoms with Gasteiger partial charge in [-0.05, 0) is 48.4 Å². The predicted molar refractivity (Wildman–Crippen MR) is 134 cm³/mol. The maximum absolute atomic E-state index is 13.1. The first kappa shape index (κ1) is 23.3. The number of hydrazone groups is 1. The van der Waals surface area contributed by atoms with Gasteiger partial charge >= 0.3 is 0 Å². The number of amides is 2. The third kappa shape index (κ3) is 4.46. The van der Waals surface area contributed by atoms with Crippen LogP contribution in [0.4, 0.5) is 5.69 Å². The van der Waals surface area contributed by atoms with Crippen LogP contribution in [0.2, 0.25) is 0 Å². The molecular formula is C27H29N3O4. The molecule has 176 valence electrons. The number of carbonyl (C=O) groups excluding carboxylic acids is 2. The van der Waals surface area contributed by atoms with Gasteiger partial charge in [0.1, 0.15) is 0 Å². The molecule has 7 nitrogen and oxygen atoms in total. The molecule has 0 spiro atoms. The molecule has 7 heteroatoms. The summed E-state index contributed by atoms with van der Waals surface area (Å²) in [4.78, 5) is 27.7. The number of methoxy groups -OCH3 is 2. The Morgan fingerprint density at radius 1 is 0.912 bits per heavy atom. The van der Waals surface area contributed by atoms with Crippen LogP contribution in [0, 0.1) is 0 Å². The molecule has 0 saturated carbocycles. The molecule has 0 aromatic heterocycles. The van der Waals surface area contributed by atoms with Crippen LogP contribution in [-0.4, -0.2) is 43.7 Å². The van der Waals surface area contributed by atoms with E-state index >= 15 is 0 Å². The van der Waals surface area contributed by atoms with Gasteiger partial charge in [-0.1, -0.05) is 38.3 Å². The largest absolute Gasteiger partial charge is 0.493 e. The van der Waals surface area contributed by atoms with Gasteiger partial charge in [0.2, 0.25) is 0 Å². The molecule has 1 aliphatic rings. The molecular weight excluding hydrogens is 430 g/mol. The number of rotatable bonds is 10. The fourth-order valence-electron chi connectivity index (χ4n) is 4.25. The van der Waals surface area contributed by atoms with Crippen LogP contribution < -0.4 is 14.9 Å². The molecule has 34 heavy (non-hydrogen) atoms. The molecule has 0 radical (unpaired) electrons. The van der Waals surface area contributed by atoms with Gasteiger partial charge in [-0.25, -0.2) is 0 Å². The first-order chi connectivity index (χ1) is 16.6. The van der Waals surface area contributed by atoms with Crippen LogP contribution in [0.15, 0.2) is 53.6 Å². The number of hydrogen-bond donors (Lipinski definition) is 1. The number of nitrogens with one attached hydrogen (secondary N) is 1. The minimum Gasteiger partial charge on any atom is -0.493 e. The summed E-state index contributed by atoms with van der Waals surface area (Å²) < 4.78 is 10.6. The number of imide groups is 1. The normalized spacial score (nSPS) is 13.1. The van der Waals surface area contributed by atoms with Gasteiger partial charge in [-0.15, -0.1) is 0 Å². The lowest BCUT2D eigenvalue weighted by atomic mass is 9.93. The highest BCUT2D eigenvalue weighted by molar-refractivity contribution is 6.26. The average Bonchev–Trinajstić information content (AvgIpc) is 2.87. The van der Waals surface area contributed by atoms with Gasteiger partial charge < -0.3 is 9.47 Å². The number of benzene rings is 3. The minimum atomic E-state index is -0.231. The highest BCUT2D eigenvalue weighted by atomic mass is 16.5. The van der Waals surface area contributed by atoms with Crippen molar-refractivity contribution < 1.29 is 19.1 Å². The average molecular weight is 460 g/mol. The fraction of sp³-hybridized carbons (Fsp3) is 0.296. The Balaban J connectivity index is 1.59. The fourth-order valence-corrected chi connectivity index (χ4v) is 4.25. The Bertz CT molecular complexity index is 1230. The number of carbonyl (C=O) groups is 2. The topological polar surface area (TPSA) is 80.2 Å². The predicted octanol–water partition coefficient (Wildman–Crippen LogP) is 5.48. The Hall–Kier alpha value is -3.87. The highest BCUT2D eigenvalue weighted by Crippen LogP contribution is 2.34. The molecule has 0 fully saturated rings. The zero-order chi connectivity index (χ0) is 24.1. The smallest absolute Gasteiger partial charge is 0.261 e. The van der Waals surface area contributed by atoms with E-state index in [4.69, 9.17) is 9.47 Å². The molecule has 0 saturated heterocycles. The molecule has 0 atom stereocenters. The van der Waals surface area contributed by atoms with Crippen LogP contribution in [0.25, 0.3) is 10.8 Å². The molecule has 3 aromatic rings. The number of ether oxygens (including phenoxy) is 2. The first-order valence-corrected chi connectivity index (χ1v) is 11.5. The van der Waals surface area contributed by atoms with E-state index in [1.807, 2.05) is 36.4 Å². The second kappa shape index (κ2) is 10.4. The van der Waals surface area contributed by atoms with Gasteiger partial charge in [0.15, 0.2) is 11.5 Å². The van der Waals surface area contributed by atoms with Crippen molar-refractivity contribution in [2.75, 3.05) is 26.2 Å². The van der Waals surface area contributed by atoms with Crippen molar-refractivity contribution in [2.24, 2.45) is 5.10 Å². The van der Waals surface area contributed by atoms with E-state index in [0.717, 1.165) is 36.6 Å². The number of unbranched alkanes of at least 4 members (excludes halogenated alkanes) is 3. The minimum absolute atomic E-state index is 0.231. The summed E-state index contributed by atoms with van der Waals surface area (Å²) >= 11 is 0. The Morgan fingerprint density at radius 2 is 1.68 bits per heavy atom. The van der Waals surface area contributed by atoms with E-state index < -0.39 is 0 Å². The van der Waals surface area contributed by atoms with Crippen molar-refractivity contribution in [3.05, 3.63) is 65.2 Å². The van der Waals surface area contributed by atoms with Crippen molar-refractivity contribution in [3.63, 3.8) is 0 Å². The molecule has 1 heterocycles. The lowest BCUT2D eigenvalue weighted by Gasteiger charge is -2.27. The maximum Gasteiger partial charge on any atom is 0.261 e. The maximum atomic E-state index is 13.1. The molecule has 3 aromatic carbocycles. The van der Waals surface area contributed by atoms with E-state index in [1.54, 1.807) is 32.6 Å². The molecule has 0 unspecified atom stereocenters. The van der Waals surface area contributed by atoms with Gasteiger partial charge in [0.05, 0.1) is 26.1 Å². The summed E-state index contributed by atoms with van der Waals surface area (Å²) in [6, 6.07) is 14.6. The van der Waals surface area contributed by atoms with Crippen molar-refractivity contribution in [1.29, 1.82) is 0 Å². The van der Waals surface area contributed by atoms with Crippen LogP contribution in [-0.2, 0) is 0 Å². The zero-order valence-corrected chi connectivity index (χ0v) is 19.8. The van der Waals surface area contributed by atoms with Crippen molar-refractivity contribution in [3.8, 4) is 11.5 Å². The standard InChI is InChI=1S/C27H29N3O4/c1-4-5-6-7-15-30-26(31)20-10-8-9-19-22(13-12-21(25(19)20)27(30)32)29-28-17-18-11-14-23(33-2)24(16-18)34-3/h8-14,16-17,29H,4-7,15H2,1-3H3/b28-17+. The lowest BCUT2D eigenvalue weighted by Crippen LogP contribution is -2.40. The van der Waals surface area contributed by atoms with E-state index in [0.29, 0.717) is 40.2 Å². The van der Waals surface area contributed by atoms with Crippen LogP contribution in [0.3, 0.4) is 0 Å². The summed E-state index contributed by atoms with van der Waals surface area (Å²) in [7, 11) is 3.17. The Labute approximate surface area is 199 Å². The van der Waals surface area contributed by atoms with E-state index in [2.05, 4.69) is 17.5 Å². The summed E-state index contributed by atoms with van der Waals surface area (Å²) in [6.07, 6.45) is 5.70. The van der Waals surface area contributed by atoms with Gasteiger partial charge in [-0.3, -0.25) is 19.9 Å². The second-order valence-corrected chi connectivity index (χ2v) is 8.20. The molecule has 1 aliphatic heterocycles. The molecule has 0 aliphatic carbocycles. The lowest BCUT2D eigenvalue weighted by molar-refractivity contribution is 0.0608. The number of anilines is 1. The van der Waals surface area contributed by atoms with E-state index in [9.17, 15) is 9.59 Å². The van der Waals surface area contributed by atoms with Crippen LogP contribution in [0.1, 0.15) is 58.9 Å². The van der Waals surface area contributed by atoms with Crippen LogP contribution >= 0.6 is 0 Å². The van der Waals surface area contributed by atoms with E-state index in [-0.39, 0.29) is 11.8 Å². The molecule has 4 rings (SSSR count). The van der Waals surface area contributed by atoms with Gasteiger partial charge in [0, 0.05) is 28.4 Å². The molecule has 1 N–H and O–H groups in total. The summed E-state index contributed by atoms with van der Waals surface area (Å²) in [5, 5.41) is 5.81. The first-order valence-electron chi connectivity index (χ1n) is 11.5. The monoisotopic (exact) mass is 459 g/mol. The third-order valence-electron chi connectivity index (χ3n) is 6.03. The summed E-state index contributed by atoms with van der Waals surface area (Å²) in [6.45, 7) is 2.58. The summed E-state index contributed by atoms with van der Waals surface area (Å²) in [5.41, 5.74) is 5.70. The molecule has 0 bridgehead atoms. The van der Waals surface area contributed by atoms with Crippen LogP contribution in [0.5, 0.6) is 11.5 Å². The number of hydrogen-bond acceptors (Lipinski definition) is 6. The van der Waals surface area contributed by atoms with Crippen molar-refractivity contribution in [2.45, 2.75) is 32.6 Å². The molecule has 2 amide bonds. The zero-order valence-electron chi connectivity index (χ0n) is 19.8. The second-order valence-electron chi connectivity index (χ2n) is 8.20. The SMILES string of the molecule is CCCCCCN1C(=O)c2cccc3c(N/N=C/c4ccc(OC)c(OC)c4)ccc(c23)C1=O. The Kier molecular flexibility index (Phi) is 7.11.